The fourth-order valence-electron chi connectivity index (χ4n) is 4.54. The first-order valence-electron chi connectivity index (χ1n) is 9.83. The van der Waals surface area contributed by atoms with Gasteiger partial charge in [-0.05, 0) is 36.8 Å². The number of nitrogens with zero attached hydrogens (tertiary/aromatic N) is 4. The van der Waals surface area contributed by atoms with Crippen LogP contribution in [0, 0.1) is 11.8 Å². The van der Waals surface area contributed by atoms with Crippen LogP contribution in [-0.2, 0) is 0 Å². The molecule has 0 spiro atoms. The Morgan fingerprint density at radius 2 is 1.68 bits per heavy atom. The second-order valence-corrected chi connectivity index (χ2v) is 7.75. The quantitative estimate of drug-likeness (QED) is 0.766. The van der Waals surface area contributed by atoms with Gasteiger partial charge in [-0.25, -0.2) is 9.67 Å². The summed E-state index contributed by atoms with van der Waals surface area (Å²) in [6.45, 7) is 1.48. The topological polar surface area (TPSA) is 77.0 Å². The molecule has 1 aromatic heterocycles. The molecule has 2 fully saturated rings. The molecule has 2 aromatic carbocycles. The molecule has 0 radical (unpaired) electrons. The Bertz CT molecular complexity index is 928. The van der Waals surface area contributed by atoms with E-state index in [4.69, 9.17) is 5.73 Å². The summed E-state index contributed by atoms with van der Waals surface area (Å²) in [4.78, 5) is 19.7. The van der Waals surface area contributed by atoms with Crippen molar-refractivity contribution in [1.82, 2.24) is 19.7 Å². The highest BCUT2D eigenvalue weighted by molar-refractivity contribution is 5.91. The second kappa shape index (κ2) is 6.87. The number of para-hydroxylation sites is 1. The van der Waals surface area contributed by atoms with Crippen molar-refractivity contribution >= 4 is 5.91 Å². The number of nitrogens with two attached hydrogens (primary N) is 1. The number of carbonyl (C=O) groups is 1. The molecule has 3 unspecified atom stereocenters. The third-order valence-electron chi connectivity index (χ3n) is 6.03. The summed E-state index contributed by atoms with van der Waals surface area (Å²) in [5.74, 6) is 1.74. The number of hydrogen-bond donors (Lipinski definition) is 1. The van der Waals surface area contributed by atoms with Crippen molar-refractivity contribution in [3.05, 3.63) is 66.5 Å². The lowest BCUT2D eigenvalue weighted by atomic mass is 9.98. The van der Waals surface area contributed by atoms with Crippen LogP contribution in [0.25, 0.3) is 17.1 Å². The van der Waals surface area contributed by atoms with Gasteiger partial charge >= 0.3 is 0 Å². The normalized spacial score (nSPS) is 23.8. The number of likely N-dealkylation sites (tertiary alicyclic amines) is 1. The van der Waals surface area contributed by atoms with E-state index in [-0.39, 0.29) is 17.8 Å². The zero-order chi connectivity index (χ0) is 19.1. The van der Waals surface area contributed by atoms with Gasteiger partial charge in [0.2, 0.25) is 5.82 Å². The third-order valence-corrected chi connectivity index (χ3v) is 6.03. The molecule has 1 amide bonds. The molecule has 6 nitrogen and oxygen atoms in total. The molecule has 2 heterocycles. The second-order valence-electron chi connectivity index (χ2n) is 7.75. The minimum absolute atomic E-state index is 0.103. The average Bonchev–Trinajstić information content (AvgIpc) is 3.45. The van der Waals surface area contributed by atoms with Crippen LogP contribution in [0.2, 0.25) is 0 Å². The van der Waals surface area contributed by atoms with Crippen LogP contribution in [0.3, 0.4) is 0 Å². The Morgan fingerprint density at radius 1 is 0.964 bits per heavy atom. The van der Waals surface area contributed by atoms with Crippen LogP contribution in [0.4, 0.5) is 0 Å². The number of benzene rings is 2. The number of amides is 1. The van der Waals surface area contributed by atoms with E-state index in [1.807, 2.05) is 65.6 Å². The fourth-order valence-corrected chi connectivity index (χ4v) is 4.54. The fraction of sp³-hybridized carbons (Fsp3) is 0.318. The summed E-state index contributed by atoms with van der Waals surface area (Å²) in [5.41, 5.74) is 8.04. The molecular weight excluding hydrogens is 350 g/mol. The molecular formula is C22H23N5O. The van der Waals surface area contributed by atoms with Gasteiger partial charge in [0, 0.05) is 24.7 Å². The molecule has 5 rings (SSSR count). The van der Waals surface area contributed by atoms with Crippen LogP contribution in [0.5, 0.6) is 0 Å². The predicted octanol–water partition coefficient (Wildman–Crippen LogP) is 2.74. The Labute approximate surface area is 164 Å². The molecule has 3 atom stereocenters. The number of carbonyl (C=O) groups excluding carboxylic acids is 1. The largest absolute Gasteiger partial charge is 0.335 e. The van der Waals surface area contributed by atoms with Gasteiger partial charge in [0.1, 0.15) is 0 Å². The highest BCUT2D eigenvalue weighted by Gasteiger charge is 2.43. The summed E-state index contributed by atoms with van der Waals surface area (Å²) in [5, 5.41) is 4.60. The van der Waals surface area contributed by atoms with Crippen LogP contribution in [-0.4, -0.2) is 44.7 Å². The smallest absolute Gasteiger partial charge is 0.293 e. The minimum Gasteiger partial charge on any atom is -0.335 e. The zero-order valence-corrected chi connectivity index (χ0v) is 15.6. The average molecular weight is 373 g/mol. The third kappa shape index (κ3) is 2.90. The molecule has 3 aromatic rings. The Kier molecular flexibility index (Phi) is 4.20. The van der Waals surface area contributed by atoms with E-state index in [1.165, 1.54) is 0 Å². The maximum atomic E-state index is 13.2. The monoisotopic (exact) mass is 373 g/mol. The Hall–Kier alpha value is -2.99. The number of rotatable bonds is 3. The van der Waals surface area contributed by atoms with Crippen molar-refractivity contribution in [1.29, 1.82) is 0 Å². The molecule has 0 bridgehead atoms. The first kappa shape index (κ1) is 17.1. The van der Waals surface area contributed by atoms with Crippen LogP contribution in [0.1, 0.15) is 23.5 Å². The van der Waals surface area contributed by atoms with E-state index in [0.717, 1.165) is 30.6 Å². The molecule has 1 saturated carbocycles. The first-order valence-corrected chi connectivity index (χ1v) is 9.83. The van der Waals surface area contributed by atoms with Crippen LogP contribution < -0.4 is 5.73 Å². The van der Waals surface area contributed by atoms with Gasteiger partial charge in [-0.15, -0.1) is 5.10 Å². The summed E-state index contributed by atoms with van der Waals surface area (Å²) >= 11 is 0. The van der Waals surface area contributed by atoms with Gasteiger partial charge in [0.05, 0.1) is 5.69 Å². The van der Waals surface area contributed by atoms with Crippen molar-refractivity contribution in [2.75, 3.05) is 13.1 Å². The molecule has 1 aliphatic carbocycles. The van der Waals surface area contributed by atoms with E-state index in [0.29, 0.717) is 24.2 Å². The first-order chi connectivity index (χ1) is 13.7. The van der Waals surface area contributed by atoms with Gasteiger partial charge in [0.15, 0.2) is 5.82 Å². The molecule has 1 aliphatic heterocycles. The van der Waals surface area contributed by atoms with Crippen molar-refractivity contribution in [2.45, 2.75) is 18.9 Å². The summed E-state index contributed by atoms with van der Waals surface area (Å²) in [6, 6.07) is 19.9. The van der Waals surface area contributed by atoms with Gasteiger partial charge < -0.3 is 10.6 Å². The highest BCUT2D eigenvalue weighted by atomic mass is 16.2. The van der Waals surface area contributed by atoms with E-state index < -0.39 is 0 Å². The molecule has 142 valence electrons. The van der Waals surface area contributed by atoms with Gasteiger partial charge in [-0.2, -0.15) is 0 Å². The number of aromatic nitrogens is 3. The lowest BCUT2D eigenvalue weighted by Gasteiger charge is -2.17. The van der Waals surface area contributed by atoms with E-state index in [1.54, 1.807) is 4.68 Å². The summed E-state index contributed by atoms with van der Waals surface area (Å²) < 4.78 is 1.76. The maximum Gasteiger partial charge on any atom is 0.293 e. The van der Waals surface area contributed by atoms with Crippen LogP contribution in [0.15, 0.2) is 60.7 Å². The Balaban J connectivity index is 1.51. The van der Waals surface area contributed by atoms with Crippen molar-refractivity contribution in [2.24, 2.45) is 17.6 Å². The lowest BCUT2D eigenvalue weighted by molar-refractivity contribution is 0.0767. The SMILES string of the molecule is NC1CCC2CN(C(=O)c3nc(-c4ccccc4)n(-c4ccccc4)n3)CC12. The lowest BCUT2D eigenvalue weighted by Crippen LogP contribution is -2.34. The molecule has 2 N–H and O–H groups in total. The van der Waals surface area contributed by atoms with Crippen LogP contribution >= 0.6 is 0 Å². The maximum absolute atomic E-state index is 13.2. The van der Waals surface area contributed by atoms with Crippen molar-refractivity contribution in [3.63, 3.8) is 0 Å². The molecule has 1 saturated heterocycles. The van der Waals surface area contributed by atoms with E-state index >= 15 is 0 Å². The van der Waals surface area contributed by atoms with E-state index in [9.17, 15) is 4.79 Å². The number of hydrogen-bond acceptors (Lipinski definition) is 4. The van der Waals surface area contributed by atoms with Crippen molar-refractivity contribution < 1.29 is 4.79 Å². The molecule has 6 heteroatoms. The molecule has 28 heavy (non-hydrogen) atoms. The van der Waals surface area contributed by atoms with E-state index in [2.05, 4.69) is 10.1 Å². The minimum atomic E-state index is -0.103. The van der Waals surface area contributed by atoms with Gasteiger partial charge in [-0.3, -0.25) is 4.79 Å². The number of fused-ring (bicyclic) bond motifs is 1. The highest BCUT2D eigenvalue weighted by Crippen LogP contribution is 2.37. The van der Waals surface area contributed by atoms with Gasteiger partial charge in [0.25, 0.3) is 5.91 Å². The van der Waals surface area contributed by atoms with Crippen molar-refractivity contribution in [3.8, 4) is 17.1 Å². The summed E-state index contributed by atoms with van der Waals surface area (Å²) in [6.07, 6.45) is 2.17. The standard InChI is InChI=1S/C22H23N5O/c23-19-12-11-16-13-26(14-18(16)19)22(28)20-24-21(15-7-3-1-4-8-15)27(25-20)17-9-5-2-6-10-17/h1-10,16,18-19H,11-14,23H2. The predicted molar refractivity (Wildman–Crippen MR) is 107 cm³/mol. The molecule has 2 aliphatic rings. The summed E-state index contributed by atoms with van der Waals surface area (Å²) in [7, 11) is 0. The van der Waals surface area contributed by atoms with Gasteiger partial charge in [-0.1, -0.05) is 48.5 Å². The Morgan fingerprint density at radius 3 is 2.39 bits per heavy atom. The zero-order valence-electron chi connectivity index (χ0n) is 15.6.